The van der Waals surface area contributed by atoms with Gasteiger partial charge in [0.05, 0.1) is 5.56 Å². The molecule has 21 heavy (non-hydrogen) atoms. The summed E-state index contributed by atoms with van der Waals surface area (Å²) in [6.07, 6.45) is 1.87. The number of rotatable bonds is 4. The monoisotopic (exact) mass is 309 g/mol. The molecule has 112 valence electrons. The van der Waals surface area contributed by atoms with Gasteiger partial charge in [-0.05, 0) is 31.0 Å². The highest BCUT2D eigenvalue weighted by molar-refractivity contribution is 7.90. The average molecular weight is 309 g/mol. The second kappa shape index (κ2) is 4.73. The molecule has 0 aromatic heterocycles. The van der Waals surface area contributed by atoms with E-state index in [1.54, 1.807) is 0 Å². The van der Waals surface area contributed by atoms with Crippen LogP contribution in [-0.4, -0.2) is 37.1 Å². The lowest BCUT2D eigenvalue weighted by molar-refractivity contribution is -0.121. The molecule has 2 aliphatic rings. The summed E-state index contributed by atoms with van der Waals surface area (Å²) >= 11 is 0. The molecule has 1 aromatic carbocycles. The summed E-state index contributed by atoms with van der Waals surface area (Å²) in [4.78, 5) is 23.8. The summed E-state index contributed by atoms with van der Waals surface area (Å²) in [6.45, 7) is -0.158. The minimum absolute atomic E-state index is 0.0368. The van der Waals surface area contributed by atoms with Gasteiger partial charge in [-0.3, -0.25) is 9.59 Å². The van der Waals surface area contributed by atoms with Crippen LogP contribution in [0.4, 0.5) is 5.69 Å². The molecule has 3 N–H and O–H groups in total. The molecular formula is C13H15N3O4S. The molecule has 1 saturated carbocycles. The Hall–Kier alpha value is -2.09. The maximum atomic E-state index is 12.3. The van der Waals surface area contributed by atoms with Crippen LogP contribution in [-0.2, 0) is 14.8 Å². The molecular weight excluding hydrogens is 294 g/mol. The van der Waals surface area contributed by atoms with E-state index in [1.165, 1.54) is 18.2 Å². The van der Waals surface area contributed by atoms with Crippen LogP contribution in [0.2, 0.25) is 0 Å². The number of anilines is 1. The number of hydrogen-bond acceptors (Lipinski definition) is 5. The number of amides is 2. The van der Waals surface area contributed by atoms with E-state index in [9.17, 15) is 18.0 Å². The quantitative estimate of drug-likeness (QED) is 0.766. The van der Waals surface area contributed by atoms with E-state index in [-0.39, 0.29) is 35.4 Å². The predicted molar refractivity (Wildman–Crippen MR) is 74.9 cm³/mol. The summed E-state index contributed by atoms with van der Waals surface area (Å²) in [5.74, 6) is -0.868. The van der Waals surface area contributed by atoms with Crippen LogP contribution in [0.5, 0.6) is 0 Å². The van der Waals surface area contributed by atoms with Gasteiger partial charge in [-0.25, -0.2) is 12.7 Å². The molecule has 0 spiro atoms. The number of fused-ring (bicyclic) bond motifs is 1. The number of nitrogen functional groups attached to an aromatic ring is 1. The Balaban J connectivity index is 1.77. The van der Waals surface area contributed by atoms with Crippen molar-refractivity contribution in [3.05, 3.63) is 23.8 Å². The molecule has 0 bridgehead atoms. The first kappa shape index (κ1) is 13.9. The highest BCUT2D eigenvalue weighted by atomic mass is 32.2. The van der Waals surface area contributed by atoms with Gasteiger partial charge >= 0.3 is 0 Å². The third-order valence-corrected chi connectivity index (χ3v) is 5.35. The molecule has 7 nitrogen and oxygen atoms in total. The molecule has 3 rings (SSSR count). The average Bonchev–Trinajstić information content (AvgIpc) is 3.18. The number of carbonyl (C=O) groups is 2. The SMILES string of the molecule is Nc1ccc2c(c1)C(=O)N(CCC(=O)NC1CC1)S2(=O)=O. The number of hydrogen-bond donors (Lipinski definition) is 2. The lowest BCUT2D eigenvalue weighted by Crippen LogP contribution is -2.35. The lowest BCUT2D eigenvalue weighted by Gasteiger charge is -2.14. The van der Waals surface area contributed by atoms with Crippen molar-refractivity contribution in [1.82, 2.24) is 9.62 Å². The highest BCUT2D eigenvalue weighted by Gasteiger charge is 2.41. The van der Waals surface area contributed by atoms with E-state index in [1.807, 2.05) is 0 Å². The lowest BCUT2D eigenvalue weighted by atomic mass is 10.2. The number of sulfonamides is 1. The Morgan fingerprint density at radius 1 is 1.38 bits per heavy atom. The van der Waals surface area contributed by atoms with Crippen LogP contribution in [0.3, 0.4) is 0 Å². The molecule has 1 fully saturated rings. The fraction of sp³-hybridized carbons (Fsp3) is 0.385. The largest absolute Gasteiger partial charge is 0.399 e. The molecule has 0 atom stereocenters. The number of carbonyl (C=O) groups excluding carboxylic acids is 2. The fourth-order valence-corrected chi connectivity index (χ4v) is 3.80. The van der Waals surface area contributed by atoms with Crippen molar-refractivity contribution >= 4 is 27.5 Å². The van der Waals surface area contributed by atoms with E-state index in [0.717, 1.165) is 17.1 Å². The smallest absolute Gasteiger partial charge is 0.269 e. The van der Waals surface area contributed by atoms with Crippen molar-refractivity contribution in [3.8, 4) is 0 Å². The highest BCUT2D eigenvalue weighted by Crippen LogP contribution is 2.31. The van der Waals surface area contributed by atoms with Crippen LogP contribution in [0.1, 0.15) is 29.6 Å². The van der Waals surface area contributed by atoms with Crippen LogP contribution < -0.4 is 11.1 Å². The third kappa shape index (κ3) is 2.46. The van der Waals surface area contributed by atoms with E-state index < -0.39 is 15.9 Å². The second-order valence-corrected chi connectivity index (χ2v) is 7.06. The molecule has 2 amide bonds. The van der Waals surface area contributed by atoms with E-state index >= 15 is 0 Å². The van der Waals surface area contributed by atoms with Gasteiger partial charge in [-0.1, -0.05) is 0 Å². The van der Waals surface area contributed by atoms with Crippen molar-refractivity contribution < 1.29 is 18.0 Å². The third-order valence-electron chi connectivity index (χ3n) is 3.51. The fourth-order valence-electron chi connectivity index (χ4n) is 2.25. The molecule has 0 unspecified atom stereocenters. The van der Waals surface area contributed by atoms with Gasteiger partial charge in [0.15, 0.2) is 0 Å². The Morgan fingerprint density at radius 3 is 2.76 bits per heavy atom. The van der Waals surface area contributed by atoms with Crippen molar-refractivity contribution in [3.63, 3.8) is 0 Å². The first-order valence-electron chi connectivity index (χ1n) is 6.65. The van der Waals surface area contributed by atoms with Gasteiger partial charge in [-0.15, -0.1) is 0 Å². The van der Waals surface area contributed by atoms with Crippen LogP contribution in [0.25, 0.3) is 0 Å². The molecule has 0 saturated heterocycles. The Kier molecular flexibility index (Phi) is 3.12. The Labute approximate surface area is 122 Å². The molecule has 1 aliphatic heterocycles. The maximum Gasteiger partial charge on any atom is 0.269 e. The van der Waals surface area contributed by atoms with Crippen LogP contribution >= 0.6 is 0 Å². The van der Waals surface area contributed by atoms with Gasteiger partial charge < -0.3 is 11.1 Å². The molecule has 1 aromatic rings. The molecule has 8 heteroatoms. The van der Waals surface area contributed by atoms with E-state index in [4.69, 9.17) is 5.73 Å². The van der Waals surface area contributed by atoms with Gasteiger partial charge in [0.2, 0.25) is 5.91 Å². The molecule has 1 heterocycles. The topological polar surface area (TPSA) is 110 Å². The molecule has 0 radical (unpaired) electrons. The first-order valence-corrected chi connectivity index (χ1v) is 8.09. The zero-order chi connectivity index (χ0) is 15.2. The van der Waals surface area contributed by atoms with Gasteiger partial charge in [0, 0.05) is 24.7 Å². The summed E-state index contributed by atoms with van der Waals surface area (Å²) < 4.78 is 25.3. The minimum Gasteiger partial charge on any atom is -0.399 e. The summed E-state index contributed by atoms with van der Waals surface area (Å²) in [7, 11) is -3.87. The Bertz CT molecular complexity index is 725. The maximum absolute atomic E-state index is 12.3. The normalized spacial score (nSPS) is 19.4. The summed E-state index contributed by atoms with van der Waals surface area (Å²) in [5, 5.41) is 2.76. The predicted octanol–water partition coefficient (Wildman–Crippen LogP) is 0.0820. The number of nitrogens with one attached hydrogen (secondary N) is 1. The zero-order valence-electron chi connectivity index (χ0n) is 11.2. The van der Waals surface area contributed by atoms with Crippen molar-refractivity contribution in [1.29, 1.82) is 0 Å². The Morgan fingerprint density at radius 2 is 2.10 bits per heavy atom. The van der Waals surface area contributed by atoms with Gasteiger partial charge in [0.1, 0.15) is 4.90 Å². The van der Waals surface area contributed by atoms with Crippen LogP contribution in [0.15, 0.2) is 23.1 Å². The van der Waals surface area contributed by atoms with E-state index in [2.05, 4.69) is 5.32 Å². The van der Waals surface area contributed by atoms with Gasteiger partial charge in [-0.2, -0.15) is 0 Å². The van der Waals surface area contributed by atoms with E-state index in [0.29, 0.717) is 5.69 Å². The summed E-state index contributed by atoms with van der Waals surface area (Å²) in [5.41, 5.74) is 5.97. The zero-order valence-corrected chi connectivity index (χ0v) is 12.0. The number of benzene rings is 1. The number of nitrogens with two attached hydrogens (primary N) is 1. The summed E-state index contributed by atoms with van der Waals surface area (Å²) in [6, 6.07) is 4.31. The minimum atomic E-state index is -3.87. The second-order valence-electron chi connectivity index (χ2n) is 5.23. The van der Waals surface area contributed by atoms with Crippen molar-refractivity contribution in [2.45, 2.75) is 30.2 Å². The first-order chi connectivity index (χ1) is 9.89. The van der Waals surface area contributed by atoms with Crippen molar-refractivity contribution in [2.75, 3.05) is 12.3 Å². The standard InChI is InChI=1S/C13H15N3O4S/c14-8-1-4-11-10(7-8)13(18)16(21(11,19)20)6-5-12(17)15-9-2-3-9/h1,4,7,9H,2-3,5-6,14H2,(H,15,17). The van der Waals surface area contributed by atoms with Crippen LogP contribution in [0, 0.1) is 0 Å². The van der Waals surface area contributed by atoms with Crippen molar-refractivity contribution in [2.24, 2.45) is 0 Å². The number of nitrogens with zero attached hydrogens (tertiary/aromatic N) is 1. The molecule has 1 aliphatic carbocycles. The van der Waals surface area contributed by atoms with Gasteiger partial charge in [0.25, 0.3) is 15.9 Å².